The monoisotopic (exact) mass is 291 g/mol. The van der Waals surface area contributed by atoms with Gasteiger partial charge in [0.1, 0.15) is 0 Å². The molecule has 0 fully saturated rings. The van der Waals surface area contributed by atoms with E-state index in [4.69, 9.17) is 4.74 Å². The Hall–Kier alpha value is -1.49. The van der Waals surface area contributed by atoms with Crippen LogP contribution in [-0.4, -0.2) is 30.2 Å². The predicted octanol–water partition coefficient (Wildman–Crippen LogP) is 2.40. The highest BCUT2D eigenvalue weighted by atomic mass is 35.5. The first-order chi connectivity index (χ1) is 9.40. The fourth-order valence-electron chi connectivity index (χ4n) is 2.58. The van der Waals surface area contributed by atoms with Crippen LogP contribution in [0.15, 0.2) is 36.7 Å². The van der Waals surface area contributed by atoms with Crippen LogP contribution >= 0.6 is 12.4 Å². The van der Waals surface area contributed by atoms with Crippen LogP contribution < -0.4 is 5.32 Å². The van der Waals surface area contributed by atoms with Crippen molar-refractivity contribution < 1.29 is 4.74 Å². The molecule has 2 aromatic rings. The second kappa shape index (κ2) is 6.79. The maximum absolute atomic E-state index is 5.83. The third-order valence-corrected chi connectivity index (χ3v) is 3.43. The molecule has 0 radical (unpaired) electrons. The van der Waals surface area contributed by atoms with E-state index in [0.717, 1.165) is 31.0 Å². The average molecular weight is 292 g/mol. The van der Waals surface area contributed by atoms with Crippen molar-refractivity contribution in [3.05, 3.63) is 47.8 Å². The minimum Gasteiger partial charge on any atom is -0.372 e. The molecular weight excluding hydrogens is 274 g/mol. The van der Waals surface area contributed by atoms with Gasteiger partial charge in [0.2, 0.25) is 0 Å². The summed E-state index contributed by atoms with van der Waals surface area (Å²) in [7, 11) is 1.95. The van der Waals surface area contributed by atoms with Crippen LogP contribution in [0, 0.1) is 0 Å². The molecule has 0 spiro atoms. The van der Waals surface area contributed by atoms with E-state index in [2.05, 4.69) is 33.5 Å². The molecule has 0 saturated carbocycles. The molecule has 0 unspecified atom stereocenters. The standard InChI is InChI=1S/C15H17N3O.ClH/c1-16-10-14-12-4-2-5-13(11(12)6-9-19-14)15-17-7-3-8-18-15;/h2-5,7-8,14,16H,6,9-10H2,1H3;1H/t14-;/m1./s1. The van der Waals surface area contributed by atoms with Gasteiger partial charge in [0.25, 0.3) is 0 Å². The number of hydrogen-bond donors (Lipinski definition) is 1. The third-order valence-electron chi connectivity index (χ3n) is 3.43. The molecular formula is C15H18ClN3O. The molecule has 4 nitrogen and oxygen atoms in total. The molecule has 5 heteroatoms. The number of likely N-dealkylation sites (N-methyl/N-ethyl adjacent to an activating group) is 1. The maximum atomic E-state index is 5.83. The Morgan fingerprint density at radius 1 is 1.25 bits per heavy atom. The SMILES string of the molecule is CNC[C@H]1OCCc2c(-c3ncccn3)cccc21.Cl. The third kappa shape index (κ3) is 2.82. The van der Waals surface area contributed by atoms with Gasteiger partial charge in [0, 0.05) is 24.5 Å². The number of nitrogens with zero attached hydrogens (tertiary/aromatic N) is 2. The summed E-state index contributed by atoms with van der Waals surface area (Å²) in [5.41, 5.74) is 3.70. The molecule has 0 bridgehead atoms. The molecule has 0 saturated heterocycles. The Bertz CT molecular complexity index is 562. The van der Waals surface area contributed by atoms with Gasteiger partial charge in [-0.15, -0.1) is 12.4 Å². The fourth-order valence-corrected chi connectivity index (χ4v) is 2.58. The highest BCUT2D eigenvalue weighted by Crippen LogP contribution is 2.32. The number of rotatable bonds is 3. The summed E-state index contributed by atoms with van der Waals surface area (Å²) < 4.78 is 5.83. The summed E-state index contributed by atoms with van der Waals surface area (Å²) in [4.78, 5) is 8.72. The van der Waals surface area contributed by atoms with Crippen molar-refractivity contribution in [3.63, 3.8) is 0 Å². The molecule has 1 aliphatic rings. The Balaban J connectivity index is 0.00000147. The minimum absolute atomic E-state index is 0. The van der Waals surface area contributed by atoms with Crippen molar-refractivity contribution in [1.82, 2.24) is 15.3 Å². The minimum atomic E-state index is 0. The van der Waals surface area contributed by atoms with Crippen molar-refractivity contribution in [3.8, 4) is 11.4 Å². The van der Waals surface area contributed by atoms with E-state index in [-0.39, 0.29) is 18.5 Å². The zero-order chi connectivity index (χ0) is 13.1. The van der Waals surface area contributed by atoms with Gasteiger partial charge in [-0.1, -0.05) is 18.2 Å². The van der Waals surface area contributed by atoms with Crippen molar-refractivity contribution in [2.24, 2.45) is 0 Å². The Morgan fingerprint density at radius 2 is 2.05 bits per heavy atom. The van der Waals surface area contributed by atoms with Crippen LogP contribution in [0.5, 0.6) is 0 Å². The zero-order valence-corrected chi connectivity index (χ0v) is 12.2. The quantitative estimate of drug-likeness (QED) is 0.943. The lowest BCUT2D eigenvalue weighted by molar-refractivity contribution is 0.0440. The average Bonchev–Trinajstić information content (AvgIpc) is 2.48. The van der Waals surface area contributed by atoms with Gasteiger partial charge in [-0.2, -0.15) is 0 Å². The van der Waals surface area contributed by atoms with Gasteiger partial charge in [-0.3, -0.25) is 0 Å². The molecule has 106 valence electrons. The Labute approximate surface area is 125 Å². The van der Waals surface area contributed by atoms with Crippen LogP contribution in [0.3, 0.4) is 0 Å². The molecule has 1 atom stereocenters. The predicted molar refractivity (Wildman–Crippen MR) is 81.0 cm³/mol. The van der Waals surface area contributed by atoms with Gasteiger partial charge < -0.3 is 10.1 Å². The Morgan fingerprint density at radius 3 is 2.80 bits per heavy atom. The molecule has 1 aromatic carbocycles. The van der Waals surface area contributed by atoms with Crippen LogP contribution in [0.1, 0.15) is 17.2 Å². The maximum Gasteiger partial charge on any atom is 0.159 e. The molecule has 1 aliphatic heterocycles. The summed E-state index contributed by atoms with van der Waals surface area (Å²) in [5, 5.41) is 3.18. The highest BCUT2D eigenvalue weighted by molar-refractivity contribution is 5.85. The number of nitrogens with one attached hydrogen (secondary N) is 1. The summed E-state index contributed by atoms with van der Waals surface area (Å²) >= 11 is 0. The van der Waals surface area contributed by atoms with E-state index in [9.17, 15) is 0 Å². The van der Waals surface area contributed by atoms with E-state index in [1.165, 1.54) is 11.1 Å². The molecule has 0 amide bonds. The lowest BCUT2D eigenvalue weighted by Crippen LogP contribution is -2.25. The number of halogens is 1. The number of fused-ring (bicyclic) bond motifs is 1. The first-order valence-electron chi connectivity index (χ1n) is 6.55. The summed E-state index contributed by atoms with van der Waals surface area (Å²) in [6.07, 6.45) is 4.61. The van der Waals surface area contributed by atoms with Crippen molar-refractivity contribution >= 4 is 12.4 Å². The fraction of sp³-hybridized carbons (Fsp3) is 0.333. The summed E-state index contributed by atoms with van der Waals surface area (Å²) in [5.74, 6) is 0.796. The van der Waals surface area contributed by atoms with E-state index < -0.39 is 0 Å². The van der Waals surface area contributed by atoms with E-state index >= 15 is 0 Å². The Kier molecular flexibility index (Phi) is 5.06. The molecule has 3 rings (SSSR count). The topological polar surface area (TPSA) is 47.0 Å². The zero-order valence-electron chi connectivity index (χ0n) is 11.4. The molecule has 1 aromatic heterocycles. The molecule has 20 heavy (non-hydrogen) atoms. The lowest BCUT2D eigenvalue weighted by atomic mass is 9.92. The molecule has 2 heterocycles. The van der Waals surface area contributed by atoms with Gasteiger partial charge in [-0.25, -0.2) is 9.97 Å². The van der Waals surface area contributed by atoms with Gasteiger partial charge in [0.15, 0.2) is 5.82 Å². The van der Waals surface area contributed by atoms with Crippen molar-refractivity contribution in [2.75, 3.05) is 20.2 Å². The van der Waals surface area contributed by atoms with Crippen molar-refractivity contribution in [1.29, 1.82) is 0 Å². The summed E-state index contributed by atoms with van der Waals surface area (Å²) in [6.45, 7) is 1.58. The van der Waals surface area contributed by atoms with Gasteiger partial charge in [-0.05, 0) is 30.7 Å². The van der Waals surface area contributed by atoms with Crippen LogP contribution in [0.2, 0.25) is 0 Å². The number of hydrogen-bond acceptors (Lipinski definition) is 4. The molecule has 0 aliphatic carbocycles. The second-order valence-corrected chi connectivity index (χ2v) is 4.61. The first kappa shape index (κ1) is 14.9. The summed E-state index contributed by atoms with van der Waals surface area (Å²) in [6, 6.07) is 8.13. The van der Waals surface area contributed by atoms with E-state index in [1.54, 1.807) is 12.4 Å². The van der Waals surface area contributed by atoms with Crippen LogP contribution in [0.25, 0.3) is 11.4 Å². The molecule has 1 N–H and O–H groups in total. The lowest BCUT2D eigenvalue weighted by Gasteiger charge is -2.27. The largest absolute Gasteiger partial charge is 0.372 e. The highest BCUT2D eigenvalue weighted by Gasteiger charge is 2.23. The van der Waals surface area contributed by atoms with E-state index in [1.807, 2.05) is 13.1 Å². The van der Waals surface area contributed by atoms with Crippen molar-refractivity contribution in [2.45, 2.75) is 12.5 Å². The second-order valence-electron chi connectivity index (χ2n) is 4.61. The smallest absolute Gasteiger partial charge is 0.159 e. The number of benzene rings is 1. The van der Waals surface area contributed by atoms with Crippen LogP contribution in [-0.2, 0) is 11.2 Å². The van der Waals surface area contributed by atoms with Crippen LogP contribution in [0.4, 0.5) is 0 Å². The van der Waals surface area contributed by atoms with Gasteiger partial charge >= 0.3 is 0 Å². The number of ether oxygens (including phenoxy) is 1. The first-order valence-corrected chi connectivity index (χ1v) is 6.55. The van der Waals surface area contributed by atoms with Gasteiger partial charge in [0.05, 0.1) is 12.7 Å². The van der Waals surface area contributed by atoms with E-state index in [0.29, 0.717) is 0 Å². The number of aromatic nitrogens is 2. The normalized spacial score (nSPS) is 17.1.